The number of hydrogen-bond acceptors (Lipinski definition) is 5. The second-order valence-electron chi connectivity index (χ2n) is 3.06. The lowest BCUT2D eigenvalue weighted by Gasteiger charge is -2.03. The molecule has 0 aliphatic heterocycles. The molecule has 0 saturated heterocycles. The summed E-state index contributed by atoms with van der Waals surface area (Å²) in [6.45, 7) is 0.502. The Labute approximate surface area is 92.5 Å². The number of furan rings is 1. The molecule has 1 aromatic rings. The lowest BCUT2D eigenvalue weighted by atomic mass is 10.4. The summed E-state index contributed by atoms with van der Waals surface area (Å²) in [5, 5.41) is 11.3. The summed E-state index contributed by atoms with van der Waals surface area (Å²) in [7, 11) is -3.20. The summed E-state index contributed by atoms with van der Waals surface area (Å²) in [6, 6.07) is 2.78. The van der Waals surface area contributed by atoms with Crippen molar-refractivity contribution in [2.24, 2.45) is 0 Å². The fourth-order valence-electron chi connectivity index (χ4n) is 0.970. The minimum absolute atomic E-state index is 0.168. The van der Waals surface area contributed by atoms with Gasteiger partial charge in [-0.15, -0.1) is 0 Å². The standard InChI is InChI=1S/C8H12N2O5S/c1-16(13,14)10-5-4-9-7-3-2-6(15-7)8(11)12/h2-3,9-10H,4-5H2,1H3,(H,11,12). The first kappa shape index (κ1) is 12.5. The van der Waals surface area contributed by atoms with Crippen LogP contribution in [-0.2, 0) is 10.0 Å². The van der Waals surface area contributed by atoms with Gasteiger partial charge in [0.15, 0.2) is 5.88 Å². The minimum Gasteiger partial charge on any atom is -0.475 e. The Morgan fingerprint density at radius 2 is 2.12 bits per heavy atom. The van der Waals surface area contributed by atoms with E-state index in [1.54, 1.807) is 0 Å². The molecule has 1 heterocycles. The zero-order valence-corrected chi connectivity index (χ0v) is 9.37. The molecule has 0 aliphatic carbocycles. The summed E-state index contributed by atoms with van der Waals surface area (Å²) in [5.41, 5.74) is 0. The fourth-order valence-corrected chi connectivity index (χ4v) is 1.44. The van der Waals surface area contributed by atoms with Gasteiger partial charge in [0.1, 0.15) is 0 Å². The third kappa shape index (κ3) is 4.32. The van der Waals surface area contributed by atoms with Gasteiger partial charge in [0.2, 0.25) is 15.8 Å². The second kappa shape index (κ2) is 4.99. The van der Waals surface area contributed by atoms with Crippen molar-refractivity contribution in [3.8, 4) is 0 Å². The van der Waals surface area contributed by atoms with E-state index in [1.807, 2.05) is 0 Å². The Balaban J connectivity index is 2.35. The summed E-state index contributed by atoms with van der Waals surface area (Å²) in [5.74, 6) is -1.03. The maximum absolute atomic E-state index is 10.7. The van der Waals surface area contributed by atoms with E-state index in [0.29, 0.717) is 6.54 Å². The molecule has 0 aliphatic rings. The van der Waals surface area contributed by atoms with E-state index in [1.165, 1.54) is 12.1 Å². The van der Waals surface area contributed by atoms with E-state index < -0.39 is 16.0 Å². The van der Waals surface area contributed by atoms with Gasteiger partial charge in [-0.25, -0.2) is 17.9 Å². The van der Waals surface area contributed by atoms with Gasteiger partial charge in [-0.05, 0) is 6.07 Å². The average Bonchev–Trinajstić information content (AvgIpc) is 2.59. The van der Waals surface area contributed by atoms with E-state index >= 15 is 0 Å². The van der Waals surface area contributed by atoms with Gasteiger partial charge in [-0.1, -0.05) is 0 Å². The molecule has 1 rings (SSSR count). The molecular weight excluding hydrogens is 236 g/mol. The van der Waals surface area contributed by atoms with Gasteiger partial charge >= 0.3 is 5.97 Å². The van der Waals surface area contributed by atoms with Crippen LogP contribution in [0.2, 0.25) is 0 Å². The van der Waals surface area contributed by atoms with Gasteiger partial charge in [-0.2, -0.15) is 0 Å². The lowest BCUT2D eigenvalue weighted by molar-refractivity contribution is 0.0663. The third-order valence-electron chi connectivity index (χ3n) is 1.61. The minimum atomic E-state index is -3.20. The van der Waals surface area contributed by atoms with Crippen LogP contribution < -0.4 is 10.0 Å². The topological polar surface area (TPSA) is 109 Å². The largest absolute Gasteiger partial charge is 0.475 e. The molecule has 16 heavy (non-hydrogen) atoms. The number of aromatic carboxylic acids is 1. The number of rotatable bonds is 6. The molecule has 0 radical (unpaired) electrons. The molecule has 7 nitrogen and oxygen atoms in total. The smallest absolute Gasteiger partial charge is 0.371 e. The maximum Gasteiger partial charge on any atom is 0.371 e. The number of hydrogen-bond donors (Lipinski definition) is 3. The number of anilines is 1. The lowest BCUT2D eigenvalue weighted by Crippen LogP contribution is -2.27. The second-order valence-corrected chi connectivity index (χ2v) is 4.90. The van der Waals surface area contributed by atoms with Crippen molar-refractivity contribution in [3.63, 3.8) is 0 Å². The first-order valence-electron chi connectivity index (χ1n) is 4.40. The maximum atomic E-state index is 10.7. The number of carboxylic acid groups (broad SMARTS) is 1. The number of carbonyl (C=O) groups is 1. The Hall–Kier alpha value is -1.54. The van der Waals surface area contributed by atoms with Crippen LogP contribution in [0, 0.1) is 0 Å². The predicted molar refractivity (Wildman–Crippen MR) is 57.0 cm³/mol. The normalized spacial score (nSPS) is 11.3. The molecule has 0 amide bonds. The molecule has 0 unspecified atom stereocenters. The first-order chi connectivity index (χ1) is 7.38. The Bertz CT molecular complexity index is 465. The zero-order chi connectivity index (χ0) is 12.2. The van der Waals surface area contributed by atoms with Crippen molar-refractivity contribution in [2.45, 2.75) is 0 Å². The average molecular weight is 248 g/mol. The third-order valence-corrected chi connectivity index (χ3v) is 2.33. The zero-order valence-electron chi connectivity index (χ0n) is 8.56. The van der Waals surface area contributed by atoms with Crippen LogP contribution in [-0.4, -0.2) is 38.8 Å². The molecule has 3 N–H and O–H groups in total. The summed E-state index contributed by atoms with van der Waals surface area (Å²) in [6.07, 6.45) is 1.06. The van der Waals surface area contributed by atoms with Gasteiger partial charge < -0.3 is 14.8 Å². The monoisotopic (exact) mass is 248 g/mol. The summed E-state index contributed by atoms with van der Waals surface area (Å²) >= 11 is 0. The van der Waals surface area contributed by atoms with Crippen LogP contribution in [0.25, 0.3) is 0 Å². The van der Waals surface area contributed by atoms with Crippen molar-refractivity contribution in [1.82, 2.24) is 4.72 Å². The van der Waals surface area contributed by atoms with Gasteiger partial charge in [0.25, 0.3) is 0 Å². The predicted octanol–water partition coefficient (Wildman–Crippen LogP) is -0.0611. The van der Waals surface area contributed by atoms with Crippen LogP contribution in [0.4, 0.5) is 5.88 Å². The van der Waals surface area contributed by atoms with Crippen LogP contribution in [0.1, 0.15) is 10.6 Å². The Morgan fingerprint density at radius 3 is 2.62 bits per heavy atom. The summed E-state index contributed by atoms with van der Waals surface area (Å²) in [4.78, 5) is 10.5. The van der Waals surface area contributed by atoms with E-state index in [4.69, 9.17) is 9.52 Å². The molecule has 1 aromatic heterocycles. The van der Waals surface area contributed by atoms with E-state index in [0.717, 1.165) is 6.26 Å². The van der Waals surface area contributed by atoms with Crippen molar-refractivity contribution < 1.29 is 22.7 Å². The van der Waals surface area contributed by atoms with Gasteiger partial charge in [-0.3, -0.25) is 0 Å². The quantitative estimate of drug-likeness (QED) is 0.608. The molecule has 0 aromatic carbocycles. The highest BCUT2D eigenvalue weighted by Gasteiger charge is 2.08. The number of carboxylic acids is 1. The molecule has 0 fully saturated rings. The molecule has 0 spiro atoms. The van der Waals surface area contributed by atoms with E-state index in [2.05, 4.69) is 10.0 Å². The van der Waals surface area contributed by atoms with Crippen molar-refractivity contribution in [2.75, 3.05) is 24.7 Å². The molecular formula is C8H12N2O5S. The number of sulfonamides is 1. The Kier molecular flexibility index (Phi) is 3.91. The fraction of sp³-hybridized carbons (Fsp3) is 0.375. The highest BCUT2D eigenvalue weighted by Crippen LogP contribution is 2.12. The van der Waals surface area contributed by atoms with Gasteiger partial charge in [0, 0.05) is 19.2 Å². The molecule has 0 saturated carbocycles. The van der Waals surface area contributed by atoms with Crippen LogP contribution in [0.3, 0.4) is 0 Å². The summed E-state index contributed by atoms with van der Waals surface area (Å²) < 4.78 is 28.6. The van der Waals surface area contributed by atoms with Crippen molar-refractivity contribution in [1.29, 1.82) is 0 Å². The number of nitrogens with one attached hydrogen (secondary N) is 2. The van der Waals surface area contributed by atoms with E-state index in [-0.39, 0.29) is 18.2 Å². The van der Waals surface area contributed by atoms with Gasteiger partial charge in [0.05, 0.1) is 6.26 Å². The van der Waals surface area contributed by atoms with Crippen molar-refractivity contribution >= 4 is 21.9 Å². The highest BCUT2D eigenvalue weighted by atomic mass is 32.2. The SMILES string of the molecule is CS(=O)(=O)NCCNc1ccc(C(=O)O)o1. The van der Waals surface area contributed by atoms with E-state index in [9.17, 15) is 13.2 Å². The molecule has 0 bridgehead atoms. The van der Waals surface area contributed by atoms with Crippen LogP contribution in [0.5, 0.6) is 0 Å². The molecule has 90 valence electrons. The Morgan fingerprint density at radius 1 is 1.44 bits per heavy atom. The molecule has 0 atom stereocenters. The van der Waals surface area contributed by atoms with Crippen LogP contribution in [0.15, 0.2) is 16.5 Å². The highest BCUT2D eigenvalue weighted by molar-refractivity contribution is 7.88. The van der Waals surface area contributed by atoms with Crippen LogP contribution >= 0.6 is 0 Å². The molecule has 8 heteroatoms. The van der Waals surface area contributed by atoms with Crippen molar-refractivity contribution in [3.05, 3.63) is 17.9 Å². The first-order valence-corrected chi connectivity index (χ1v) is 6.29.